The molecule has 0 radical (unpaired) electrons. The Labute approximate surface area is 144 Å². The van der Waals surface area contributed by atoms with E-state index in [9.17, 15) is 14.4 Å². The summed E-state index contributed by atoms with van der Waals surface area (Å²) in [7, 11) is 0. The Kier molecular flexibility index (Phi) is 6.08. The minimum absolute atomic E-state index is 0.0375. The first kappa shape index (κ1) is 17.7. The van der Waals surface area contributed by atoms with Gasteiger partial charge in [-0.2, -0.15) is 0 Å². The van der Waals surface area contributed by atoms with Crippen molar-refractivity contribution in [2.75, 3.05) is 5.32 Å². The van der Waals surface area contributed by atoms with Crippen LogP contribution >= 0.6 is 11.3 Å². The van der Waals surface area contributed by atoms with E-state index in [-0.39, 0.29) is 30.2 Å². The van der Waals surface area contributed by atoms with Gasteiger partial charge in [0.15, 0.2) is 0 Å². The summed E-state index contributed by atoms with van der Waals surface area (Å²) < 4.78 is 0. The summed E-state index contributed by atoms with van der Waals surface area (Å²) >= 11 is 1.22. The Hall–Kier alpha value is -2.67. The van der Waals surface area contributed by atoms with Gasteiger partial charge in [-0.3, -0.25) is 14.4 Å². The van der Waals surface area contributed by atoms with Crippen molar-refractivity contribution in [3.05, 3.63) is 52.4 Å². The van der Waals surface area contributed by atoms with Gasteiger partial charge in [0, 0.05) is 19.4 Å². The van der Waals surface area contributed by atoms with E-state index in [1.165, 1.54) is 11.3 Å². The van der Waals surface area contributed by atoms with E-state index in [1.54, 1.807) is 11.4 Å². The molecule has 1 heterocycles. The number of hydrogen-bond donors (Lipinski definition) is 3. The number of benzene rings is 1. The SMILES string of the molecule is Cc1ccc(CNC(=O)CCC(=O)Nc2sccc2C(N)=O)cc1. The number of primary amides is 1. The number of nitrogens with two attached hydrogens (primary N) is 1. The lowest BCUT2D eigenvalue weighted by molar-refractivity contribution is -0.124. The van der Waals surface area contributed by atoms with Crippen LogP contribution in [0.1, 0.15) is 34.3 Å². The monoisotopic (exact) mass is 345 g/mol. The Morgan fingerprint density at radius 1 is 1.04 bits per heavy atom. The third-order valence-electron chi connectivity index (χ3n) is 3.37. The van der Waals surface area contributed by atoms with Crippen LogP contribution in [-0.4, -0.2) is 17.7 Å². The van der Waals surface area contributed by atoms with Crippen molar-refractivity contribution in [2.24, 2.45) is 5.73 Å². The molecule has 126 valence electrons. The van der Waals surface area contributed by atoms with Crippen LogP contribution in [0.5, 0.6) is 0 Å². The first-order valence-electron chi connectivity index (χ1n) is 7.45. The fourth-order valence-electron chi connectivity index (χ4n) is 2.01. The molecule has 3 amide bonds. The van der Waals surface area contributed by atoms with Gasteiger partial charge in [0.05, 0.1) is 5.56 Å². The number of amides is 3. The quantitative estimate of drug-likeness (QED) is 0.717. The molecule has 0 saturated carbocycles. The molecule has 0 fully saturated rings. The second kappa shape index (κ2) is 8.26. The molecule has 7 heteroatoms. The van der Waals surface area contributed by atoms with Crippen LogP contribution in [0.3, 0.4) is 0 Å². The van der Waals surface area contributed by atoms with Crippen molar-refractivity contribution < 1.29 is 14.4 Å². The van der Waals surface area contributed by atoms with Crippen molar-refractivity contribution in [3.8, 4) is 0 Å². The molecule has 2 aromatic rings. The molecular weight excluding hydrogens is 326 g/mol. The van der Waals surface area contributed by atoms with Gasteiger partial charge in [0.1, 0.15) is 5.00 Å². The van der Waals surface area contributed by atoms with Crippen molar-refractivity contribution >= 4 is 34.1 Å². The van der Waals surface area contributed by atoms with Crippen LogP contribution in [-0.2, 0) is 16.1 Å². The molecule has 0 aliphatic heterocycles. The molecular formula is C17H19N3O3S. The van der Waals surface area contributed by atoms with Crippen molar-refractivity contribution in [3.63, 3.8) is 0 Å². The number of aryl methyl sites for hydroxylation is 1. The lowest BCUT2D eigenvalue weighted by Crippen LogP contribution is -2.24. The zero-order valence-electron chi connectivity index (χ0n) is 13.3. The van der Waals surface area contributed by atoms with Crippen LogP contribution in [0.15, 0.2) is 35.7 Å². The number of thiophene rings is 1. The number of rotatable bonds is 7. The maximum atomic E-state index is 11.9. The topological polar surface area (TPSA) is 101 Å². The molecule has 0 aliphatic rings. The first-order valence-corrected chi connectivity index (χ1v) is 8.33. The fourth-order valence-corrected chi connectivity index (χ4v) is 2.82. The largest absolute Gasteiger partial charge is 0.366 e. The van der Waals surface area contributed by atoms with Gasteiger partial charge in [0.25, 0.3) is 5.91 Å². The normalized spacial score (nSPS) is 10.2. The Morgan fingerprint density at radius 3 is 2.38 bits per heavy atom. The maximum Gasteiger partial charge on any atom is 0.251 e. The van der Waals surface area contributed by atoms with E-state index < -0.39 is 5.91 Å². The maximum absolute atomic E-state index is 11.9. The van der Waals surface area contributed by atoms with Crippen LogP contribution in [0, 0.1) is 6.92 Å². The molecule has 0 bridgehead atoms. The van der Waals surface area contributed by atoms with Crippen LogP contribution in [0.25, 0.3) is 0 Å². The molecule has 24 heavy (non-hydrogen) atoms. The summed E-state index contributed by atoms with van der Waals surface area (Å²) in [5, 5.41) is 7.46. The lowest BCUT2D eigenvalue weighted by atomic mass is 10.1. The summed E-state index contributed by atoms with van der Waals surface area (Å²) in [6, 6.07) is 9.41. The zero-order valence-corrected chi connectivity index (χ0v) is 14.1. The third-order valence-corrected chi connectivity index (χ3v) is 4.20. The number of hydrogen-bond acceptors (Lipinski definition) is 4. The molecule has 1 aromatic carbocycles. The number of nitrogens with one attached hydrogen (secondary N) is 2. The standard InChI is InChI=1S/C17H19N3O3S/c1-11-2-4-12(5-3-11)10-19-14(21)6-7-15(22)20-17-13(16(18)23)8-9-24-17/h2-5,8-9H,6-7,10H2,1H3,(H2,18,23)(H,19,21)(H,20,22). The number of anilines is 1. The highest BCUT2D eigenvalue weighted by Gasteiger charge is 2.13. The molecule has 1 aromatic heterocycles. The second-order valence-corrected chi connectivity index (χ2v) is 6.25. The van der Waals surface area contributed by atoms with Gasteiger partial charge >= 0.3 is 0 Å². The highest BCUT2D eigenvalue weighted by molar-refractivity contribution is 7.14. The van der Waals surface area contributed by atoms with Gasteiger partial charge in [-0.1, -0.05) is 29.8 Å². The minimum Gasteiger partial charge on any atom is -0.366 e. The molecule has 0 saturated heterocycles. The predicted molar refractivity (Wildman–Crippen MR) is 93.7 cm³/mol. The summed E-state index contributed by atoms with van der Waals surface area (Å²) in [5.74, 6) is -1.13. The average molecular weight is 345 g/mol. The van der Waals surface area contributed by atoms with E-state index in [0.717, 1.165) is 11.1 Å². The van der Waals surface area contributed by atoms with Crippen LogP contribution in [0.2, 0.25) is 0 Å². The molecule has 0 spiro atoms. The van der Waals surface area contributed by atoms with E-state index in [1.807, 2.05) is 31.2 Å². The second-order valence-electron chi connectivity index (χ2n) is 5.34. The Bertz CT molecular complexity index is 738. The van der Waals surface area contributed by atoms with Crippen LogP contribution in [0.4, 0.5) is 5.00 Å². The van der Waals surface area contributed by atoms with E-state index in [2.05, 4.69) is 10.6 Å². The van der Waals surface area contributed by atoms with Gasteiger partial charge in [-0.25, -0.2) is 0 Å². The lowest BCUT2D eigenvalue weighted by Gasteiger charge is -2.07. The van der Waals surface area contributed by atoms with E-state index >= 15 is 0 Å². The van der Waals surface area contributed by atoms with E-state index in [0.29, 0.717) is 11.5 Å². The number of carbonyl (C=O) groups excluding carboxylic acids is 3. The summed E-state index contributed by atoms with van der Waals surface area (Å²) in [4.78, 5) is 34.9. The van der Waals surface area contributed by atoms with Crippen molar-refractivity contribution in [1.82, 2.24) is 5.32 Å². The summed E-state index contributed by atoms with van der Waals surface area (Å²) in [6.45, 7) is 2.43. The fraction of sp³-hybridized carbons (Fsp3) is 0.235. The van der Waals surface area contributed by atoms with Crippen molar-refractivity contribution in [2.45, 2.75) is 26.3 Å². The van der Waals surface area contributed by atoms with Crippen molar-refractivity contribution in [1.29, 1.82) is 0 Å². The predicted octanol–water partition coefficient (Wildman–Crippen LogP) is 2.19. The summed E-state index contributed by atoms with van der Waals surface area (Å²) in [6.07, 6.45) is 0.116. The molecule has 2 rings (SSSR count). The molecule has 4 N–H and O–H groups in total. The number of carbonyl (C=O) groups is 3. The smallest absolute Gasteiger partial charge is 0.251 e. The van der Waals surface area contributed by atoms with Gasteiger partial charge in [-0.05, 0) is 23.9 Å². The molecule has 0 aliphatic carbocycles. The molecule has 0 atom stereocenters. The molecule has 6 nitrogen and oxygen atoms in total. The van der Waals surface area contributed by atoms with Gasteiger partial charge in [0.2, 0.25) is 11.8 Å². The molecule has 0 unspecified atom stereocenters. The summed E-state index contributed by atoms with van der Waals surface area (Å²) in [5.41, 5.74) is 7.65. The highest BCUT2D eigenvalue weighted by atomic mass is 32.1. The van der Waals surface area contributed by atoms with Gasteiger partial charge < -0.3 is 16.4 Å². The average Bonchev–Trinajstić information content (AvgIpc) is 3.00. The minimum atomic E-state index is -0.595. The Morgan fingerprint density at radius 2 is 1.71 bits per heavy atom. The third kappa shape index (κ3) is 5.20. The zero-order chi connectivity index (χ0) is 17.5. The highest BCUT2D eigenvalue weighted by Crippen LogP contribution is 2.22. The van der Waals surface area contributed by atoms with Gasteiger partial charge in [-0.15, -0.1) is 11.3 Å². The Balaban J connectivity index is 1.75. The first-order chi connectivity index (χ1) is 11.5. The van der Waals surface area contributed by atoms with E-state index in [4.69, 9.17) is 5.73 Å². The van der Waals surface area contributed by atoms with Crippen LogP contribution < -0.4 is 16.4 Å².